The van der Waals surface area contributed by atoms with E-state index in [-0.39, 0.29) is 0 Å². The van der Waals surface area contributed by atoms with E-state index in [1.54, 1.807) is 0 Å². The third-order valence-corrected chi connectivity index (χ3v) is 2.98. The third kappa shape index (κ3) is 5.16. The molecule has 1 aromatic carbocycles. The van der Waals surface area contributed by atoms with E-state index >= 15 is 0 Å². The molecule has 1 aromatic rings. The zero-order valence-corrected chi connectivity index (χ0v) is 10.5. The lowest BCUT2D eigenvalue weighted by Crippen LogP contribution is -2.12. The van der Waals surface area contributed by atoms with E-state index < -0.39 is 10.8 Å². The Bertz CT molecular complexity index is 313. The van der Waals surface area contributed by atoms with E-state index in [0.29, 0.717) is 13.0 Å². The fourth-order valence-corrected chi connectivity index (χ4v) is 1.58. The molecule has 4 heteroatoms. The first-order valence-electron chi connectivity index (χ1n) is 5.25. The standard InChI is InChI=1S/C12H15BrO3/c13-11(12(14)15)8-4-5-9-16-10-6-2-1-3-7-10/h1-3,6-7,11H,4-5,8-9H2,(H,14,15). The lowest BCUT2D eigenvalue weighted by atomic mass is 10.2. The molecule has 1 atom stereocenters. The van der Waals surface area contributed by atoms with Gasteiger partial charge < -0.3 is 9.84 Å². The Morgan fingerprint density at radius 1 is 1.31 bits per heavy atom. The molecule has 0 aromatic heterocycles. The predicted molar refractivity (Wildman–Crippen MR) is 66.1 cm³/mol. The largest absolute Gasteiger partial charge is 0.494 e. The smallest absolute Gasteiger partial charge is 0.317 e. The SMILES string of the molecule is O=C(O)C(Br)CCCCOc1ccccc1. The molecule has 0 aliphatic heterocycles. The fraction of sp³-hybridized carbons (Fsp3) is 0.417. The maximum Gasteiger partial charge on any atom is 0.317 e. The number of carbonyl (C=O) groups is 1. The highest BCUT2D eigenvalue weighted by Crippen LogP contribution is 2.12. The van der Waals surface area contributed by atoms with Crippen molar-refractivity contribution in [1.29, 1.82) is 0 Å². The molecule has 0 aliphatic carbocycles. The van der Waals surface area contributed by atoms with Crippen LogP contribution in [0.15, 0.2) is 30.3 Å². The van der Waals surface area contributed by atoms with Gasteiger partial charge in [0.2, 0.25) is 0 Å². The quantitative estimate of drug-likeness (QED) is 0.619. The number of unbranched alkanes of at least 4 members (excludes halogenated alkanes) is 1. The van der Waals surface area contributed by atoms with Gasteiger partial charge >= 0.3 is 5.97 Å². The summed E-state index contributed by atoms with van der Waals surface area (Å²) in [5.41, 5.74) is 0. The Morgan fingerprint density at radius 2 is 2.00 bits per heavy atom. The van der Waals surface area contributed by atoms with Gasteiger partial charge in [0.25, 0.3) is 0 Å². The van der Waals surface area contributed by atoms with Crippen LogP contribution in [0.1, 0.15) is 19.3 Å². The van der Waals surface area contributed by atoms with Gasteiger partial charge in [0, 0.05) is 0 Å². The van der Waals surface area contributed by atoms with Crippen LogP contribution in [0.5, 0.6) is 5.75 Å². The normalized spacial score (nSPS) is 12.1. The molecule has 16 heavy (non-hydrogen) atoms. The summed E-state index contributed by atoms with van der Waals surface area (Å²) in [7, 11) is 0. The topological polar surface area (TPSA) is 46.5 Å². The molecule has 0 amide bonds. The summed E-state index contributed by atoms with van der Waals surface area (Å²) in [4.78, 5) is 10.1. The van der Waals surface area contributed by atoms with Crippen molar-refractivity contribution >= 4 is 21.9 Å². The first-order chi connectivity index (χ1) is 7.70. The van der Waals surface area contributed by atoms with Crippen LogP contribution in [0, 0.1) is 0 Å². The first kappa shape index (κ1) is 13.0. The van der Waals surface area contributed by atoms with Crippen molar-refractivity contribution in [3.8, 4) is 5.75 Å². The van der Waals surface area contributed by atoms with Gasteiger partial charge in [0.15, 0.2) is 0 Å². The van der Waals surface area contributed by atoms with Crippen molar-refractivity contribution < 1.29 is 14.6 Å². The summed E-state index contributed by atoms with van der Waals surface area (Å²) in [6.07, 6.45) is 2.34. The minimum absolute atomic E-state index is 0.441. The number of hydrogen-bond donors (Lipinski definition) is 1. The Morgan fingerprint density at radius 3 is 2.62 bits per heavy atom. The van der Waals surface area contributed by atoms with Gasteiger partial charge in [-0.3, -0.25) is 4.79 Å². The second-order valence-electron chi connectivity index (χ2n) is 3.46. The van der Waals surface area contributed by atoms with Crippen molar-refractivity contribution in [3.63, 3.8) is 0 Å². The number of rotatable bonds is 7. The molecule has 0 radical (unpaired) electrons. The molecule has 0 saturated carbocycles. The van der Waals surface area contributed by atoms with E-state index in [4.69, 9.17) is 9.84 Å². The monoisotopic (exact) mass is 286 g/mol. The van der Waals surface area contributed by atoms with Crippen LogP contribution >= 0.6 is 15.9 Å². The van der Waals surface area contributed by atoms with Crippen molar-refractivity contribution in [2.45, 2.75) is 24.1 Å². The number of carboxylic acid groups (broad SMARTS) is 1. The average molecular weight is 287 g/mol. The summed E-state index contributed by atoms with van der Waals surface area (Å²) in [5.74, 6) is 0.0557. The van der Waals surface area contributed by atoms with E-state index in [1.807, 2.05) is 30.3 Å². The van der Waals surface area contributed by atoms with Crippen LogP contribution in [-0.4, -0.2) is 22.5 Å². The van der Waals surface area contributed by atoms with Gasteiger partial charge in [0.05, 0.1) is 6.61 Å². The van der Waals surface area contributed by atoms with Crippen molar-refractivity contribution in [3.05, 3.63) is 30.3 Å². The molecule has 1 N–H and O–H groups in total. The lowest BCUT2D eigenvalue weighted by Gasteiger charge is -2.06. The summed E-state index contributed by atoms with van der Waals surface area (Å²) in [5, 5.41) is 8.64. The molecule has 0 heterocycles. The maximum atomic E-state index is 10.5. The zero-order valence-electron chi connectivity index (χ0n) is 8.93. The Balaban J connectivity index is 2.07. The second kappa shape index (κ2) is 7.28. The minimum atomic E-state index is -0.802. The van der Waals surface area contributed by atoms with Crippen LogP contribution in [0.4, 0.5) is 0 Å². The Kier molecular flexibility index (Phi) is 5.93. The van der Waals surface area contributed by atoms with Gasteiger partial charge in [0.1, 0.15) is 10.6 Å². The number of aliphatic carboxylic acids is 1. The Labute approximate surface area is 104 Å². The molecule has 3 nitrogen and oxygen atoms in total. The number of ether oxygens (including phenoxy) is 1. The van der Waals surface area contributed by atoms with Crippen LogP contribution in [-0.2, 0) is 4.79 Å². The molecule has 0 spiro atoms. The van der Waals surface area contributed by atoms with Crippen LogP contribution in [0.25, 0.3) is 0 Å². The maximum absolute atomic E-state index is 10.5. The van der Waals surface area contributed by atoms with Gasteiger partial charge in [-0.15, -0.1) is 0 Å². The highest BCUT2D eigenvalue weighted by Gasteiger charge is 2.11. The molecule has 1 unspecified atom stereocenters. The molecule has 0 bridgehead atoms. The molecule has 1 rings (SSSR count). The second-order valence-corrected chi connectivity index (χ2v) is 4.57. The van der Waals surface area contributed by atoms with Crippen LogP contribution in [0.3, 0.4) is 0 Å². The average Bonchev–Trinajstić information content (AvgIpc) is 2.29. The molecule has 88 valence electrons. The molecular weight excluding hydrogens is 272 g/mol. The van der Waals surface area contributed by atoms with Crippen molar-refractivity contribution in [2.24, 2.45) is 0 Å². The van der Waals surface area contributed by atoms with Crippen LogP contribution in [0.2, 0.25) is 0 Å². The van der Waals surface area contributed by atoms with E-state index in [2.05, 4.69) is 15.9 Å². The van der Waals surface area contributed by atoms with Gasteiger partial charge in [-0.25, -0.2) is 0 Å². The lowest BCUT2D eigenvalue weighted by molar-refractivity contribution is -0.136. The van der Waals surface area contributed by atoms with Gasteiger partial charge in [-0.2, -0.15) is 0 Å². The number of benzene rings is 1. The minimum Gasteiger partial charge on any atom is -0.494 e. The predicted octanol–water partition coefficient (Wildman–Crippen LogP) is 3.08. The number of hydrogen-bond acceptors (Lipinski definition) is 2. The number of carboxylic acids is 1. The fourth-order valence-electron chi connectivity index (χ4n) is 1.26. The molecule has 0 fully saturated rings. The Hall–Kier alpha value is -1.03. The summed E-state index contributed by atoms with van der Waals surface area (Å²) < 4.78 is 5.49. The highest BCUT2D eigenvalue weighted by atomic mass is 79.9. The summed E-state index contributed by atoms with van der Waals surface area (Å²) >= 11 is 3.10. The van der Waals surface area contributed by atoms with Gasteiger partial charge in [-0.05, 0) is 31.4 Å². The summed E-state index contributed by atoms with van der Waals surface area (Å²) in [6.45, 7) is 0.628. The molecule has 0 saturated heterocycles. The molecular formula is C12H15BrO3. The number of alkyl halides is 1. The number of para-hydroxylation sites is 1. The first-order valence-corrected chi connectivity index (χ1v) is 6.16. The van der Waals surface area contributed by atoms with E-state index in [0.717, 1.165) is 18.6 Å². The van der Waals surface area contributed by atoms with E-state index in [1.165, 1.54) is 0 Å². The third-order valence-electron chi connectivity index (χ3n) is 2.13. The zero-order chi connectivity index (χ0) is 11.8. The summed E-state index contributed by atoms with van der Waals surface area (Å²) in [6, 6.07) is 9.60. The van der Waals surface area contributed by atoms with Gasteiger partial charge in [-0.1, -0.05) is 34.1 Å². The van der Waals surface area contributed by atoms with Crippen LogP contribution < -0.4 is 4.74 Å². The highest BCUT2D eigenvalue weighted by molar-refractivity contribution is 9.10. The van der Waals surface area contributed by atoms with E-state index in [9.17, 15) is 4.79 Å². The number of halogens is 1. The van der Waals surface area contributed by atoms with Crippen molar-refractivity contribution in [2.75, 3.05) is 6.61 Å². The molecule has 0 aliphatic rings. The van der Waals surface area contributed by atoms with Crippen molar-refractivity contribution in [1.82, 2.24) is 0 Å².